The fourth-order valence-electron chi connectivity index (χ4n) is 1.41. The molecule has 0 heterocycles. The van der Waals surface area contributed by atoms with E-state index in [9.17, 15) is 4.21 Å². The highest BCUT2D eigenvalue weighted by Gasteiger charge is 2.14. The number of benzene rings is 1. The lowest BCUT2D eigenvalue weighted by Crippen LogP contribution is -2.22. The van der Waals surface area contributed by atoms with Gasteiger partial charge in [0.1, 0.15) is 11.8 Å². The van der Waals surface area contributed by atoms with Crippen LogP contribution in [-0.2, 0) is 10.8 Å². The lowest BCUT2D eigenvalue weighted by atomic mass is 10.2. The van der Waals surface area contributed by atoms with Crippen molar-refractivity contribution in [3.05, 3.63) is 29.8 Å². The van der Waals surface area contributed by atoms with Gasteiger partial charge >= 0.3 is 0 Å². The molecule has 0 amide bonds. The van der Waals surface area contributed by atoms with E-state index in [1.807, 2.05) is 13.0 Å². The molecule has 1 rings (SSSR count). The number of nitrogens with zero attached hydrogens (tertiary/aromatic N) is 1. The van der Waals surface area contributed by atoms with E-state index in [0.29, 0.717) is 29.6 Å². The van der Waals surface area contributed by atoms with Gasteiger partial charge in [-0.1, -0.05) is 32.9 Å². The lowest BCUT2D eigenvalue weighted by molar-refractivity contribution is 0.341. The number of para-hydroxylation sites is 1. The molecular formula is C14H19NO2S. The molecule has 18 heavy (non-hydrogen) atoms. The summed E-state index contributed by atoms with van der Waals surface area (Å²) in [6.07, 6.45) is 0. The molecule has 0 aliphatic carbocycles. The van der Waals surface area contributed by atoms with Gasteiger partial charge in [0.05, 0.1) is 17.9 Å². The Bertz CT molecular complexity index is 451. The molecular weight excluding hydrogens is 246 g/mol. The van der Waals surface area contributed by atoms with E-state index in [4.69, 9.17) is 10.00 Å². The van der Waals surface area contributed by atoms with Crippen molar-refractivity contribution in [3.8, 4) is 11.8 Å². The normalized spacial score (nSPS) is 13.9. The van der Waals surface area contributed by atoms with Crippen molar-refractivity contribution in [1.29, 1.82) is 5.26 Å². The number of ether oxygens (including phenoxy) is 1. The van der Waals surface area contributed by atoms with Crippen LogP contribution in [0.1, 0.15) is 26.3 Å². The maximum Gasteiger partial charge on any atom is 0.137 e. The smallest absolute Gasteiger partial charge is 0.137 e. The van der Waals surface area contributed by atoms with Gasteiger partial charge in [-0.15, -0.1) is 0 Å². The van der Waals surface area contributed by atoms with Crippen molar-refractivity contribution in [2.75, 3.05) is 12.4 Å². The van der Waals surface area contributed by atoms with Crippen molar-refractivity contribution in [1.82, 2.24) is 0 Å². The summed E-state index contributed by atoms with van der Waals surface area (Å²) >= 11 is 0. The lowest BCUT2D eigenvalue weighted by Gasteiger charge is -2.15. The van der Waals surface area contributed by atoms with E-state index in [1.54, 1.807) is 18.2 Å². The van der Waals surface area contributed by atoms with Crippen molar-refractivity contribution in [3.63, 3.8) is 0 Å². The molecule has 3 nitrogen and oxygen atoms in total. The first-order chi connectivity index (χ1) is 8.56. The summed E-state index contributed by atoms with van der Waals surface area (Å²) in [5.74, 6) is 1.46. The second kappa shape index (κ2) is 7.17. The quantitative estimate of drug-likeness (QED) is 0.794. The van der Waals surface area contributed by atoms with Crippen LogP contribution in [-0.4, -0.2) is 21.8 Å². The molecule has 1 aromatic rings. The summed E-state index contributed by atoms with van der Waals surface area (Å²) in [6.45, 7) is 6.50. The third kappa shape index (κ3) is 4.15. The Morgan fingerprint density at radius 2 is 2.00 bits per heavy atom. The Morgan fingerprint density at radius 1 is 1.33 bits per heavy atom. The molecule has 2 atom stereocenters. The highest BCUT2D eigenvalue weighted by molar-refractivity contribution is 7.85. The Kier molecular flexibility index (Phi) is 5.87. The van der Waals surface area contributed by atoms with E-state index < -0.39 is 10.8 Å². The van der Waals surface area contributed by atoms with Crippen LogP contribution in [0.15, 0.2) is 24.3 Å². The van der Waals surface area contributed by atoms with Gasteiger partial charge in [0.25, 0.3) is 0 Å². The van der Waals surface area contributed by atoms with Crippen LogP contribution < -0.4 is 4.74 Å². The second-order valence-corrected chi connectivity index (χ2v) is 6.40. The summed E-state index contributed by atoms with van der Waals surface area (Å²) in [5, 5.41) is 9.06. The highest BCUT2D eigenvalue weighted by atomic mass is 32.2. The number of nitriles is 1. The molecule has 1 aromatic carbocycles. The van der Waals surface area contributed by atoms with E-state index in [0.717, 1.165) is 0 Å². The second-order valence-electron chi connectivity index (χ2n) is 4.49. The van der Waals surface area contributed by atoms with E-state index in [-0.39, 0.29) is 5.25 Å². The number of rotatable bonds is 6. The molecule has 0 radical (unpaired) electrons. The van der Waals surface area contributed by atoms with Crippen LogP contribution in [0.2, 0.25) is 0 Å². The Balaban J connectivity index is 2.48. The zero-order valence-electron chi connectivity index (χ0n) is 11.1. The van der Waals surface area contributed by atoms with Crippen LogP contribution in [0.5, 0.6) is 5.75 Å². The van der Waals surface area contributed by atoms with Crippen LogP contribution in [0.25, 0.3) is 0 Å². The third-order valence-corrected chi connectivity index (χ3v) is 4.85. The van der Waals surface area contributed by atoms with Gasteiger partial charge in [-0.05, 0) is 18.1 Å². The van der Waals surface area contributed by atoms with E-state index in [1.165, 1.54) is 0 Å². The molecule has 98 valence electrons. The van der Waals surface area contributed by atoms with Gasteiger partial charge < -0.3 is 4.74 Å². The van der Waals surface area contributed by atoms with Gasteiger partial charge in [-0.25, -0.2) is 0 Å². The maximum atomic E-state index is 11.9. The Labute approximate surface area is 111 Å². The predicted molar refractivity (Wildman–Crippen MR) is 74.0 cm³/mol. The molecule has 0 aliphatic heterocycles. The molecule has 0 aromatic heterocycles. The van der Waals surface area contributed by atoms with Crippen LogP contribution in [0.3, 0.4) is 0 Å². The molecule has 0 bridgehead atoms. The summed E-state index contributed by atoms with van der Waals surface area (Å²) in [7, 11) is -0.885. The summed E-state index contributed by atoms with van der Waals surface area (Å²) in [4.78, 5) is 0. The molecule has 0 spiro atoms. The molecule has 4 heteroatoms. The molecule has 0 fully saturated rings. The minimum Gasteiger partial charge on any atom is -0.491 e. The minimum atomic E-state index is -0.885. The number of hydrogen-bond donors (Lipinski definition) is 0. The fourth-order valence-corrected chi connectivity index (χ4v) is 2.63. The zero-order chi connectivity index (χ0) is 13.5. The predicted octanol–water partition coefficient (Wildman–Crippen LogP) is 2.73. The monoisotopic (exact) mass is 265 g/mol. The molecule has 0 saturated heterocycles. The minimum absolute atomic E-state index is 0.166. The Morgan fingerprint density at radius 3 is 2.61 bits per heavy atom. The fraction of sp³-hybridized carbons (Fsp3) is 0.500. The van der Waals surface area contributed by atoms with Crippen molar-refractivity contribution in [2.45, 2.75) is 26.0 Å². The maximum absolute atomic E-state index is 11.9. The van der Waals surface area contributed by atoms with Crippen LogP contribution >= 0.6 is 0 Å². The van der Waals surface area contributed by atoms with Crippen LogP contribution in [0.4, 0.5) is 0 Å². The largest absolute Gasteiger partial charge is 0.491 e. The van der Waals surface area contributed by atoms with Gasteiger partial charge in [0, 0.05) is 16.0 Å². The first-order valence-corrected chi connectivity index (χ1v) is 7.43. The Hall–Kier alpha value is -1.34. The molecule has 0 aliphatic rings. The van der Waals surface area contributed by atoms with Gasteiger partial charge in [-0.3, -0.25) is 4.21 Å². The van der Waals surface area contributed by atoms with Gasteiger partial charge in [0.2, 0.25) is 0 Å². The zero-order valence-corrected chi connectivity index (χ0v) is 11.9. The summed E-state index contributed by atoms with van der Waals surface area (Å²) in [5.41, 5.74) is 0.514. The average molecular weight is 265 g/mol. The van der Waals surface area contributed by atoms with Crippen molar-refractivity contribution >= 4 is 10.8 Å². The average Bonchev–Trinajstić information content (AvgIpc) is 2.38. The van der Waals surface area contributed by atoms with Crippen molar-refractivity contribution < 1.29 is 8.95 Å². The molecule has 2 unspecified atom stereocenters. The highest BCUT2D eigenvalue weighted by Crippen LogP contribution is 2.16. The third-order valence-electron chi connectivity index (χ3n) is 2.90. The molecule has 0 saturated carbocycles. The standard InChI is InChI=1S/C14H19NO2S/c1-11(2)12(3)18(16)9-8-17-14-7-5-4-6-13(14)10-15/h4-7,11-12H,8-9H2,1-3H3. The summed E-state index contributed by atoms with van der Waals surface area (Å²) < 4.78 is 17.4. The number of hydrogen-bond acceptors (Lipinski definition) is 3. The van der Waals surface area contributed by atoms with Crippen molar-refractivity contribution in [2.24, 2.45) is 5.92 Å². The summed E-state index contributed by atoms with van der Waals surface area (Å²) in [6, 6.07) is 9.16. The van der Waals surface area contributed by atoms with E-state index >= 15 is 0 Å². The van der Waals surface area contributed by atoms with Crippen LogP contribution in [0, 0.1) is 17.2 Å². The molecule has 0 N–H and O–H groups in total. The first kappa shape index (κ1) is 14.7. The SMILES string of the molecule is CC(C)C(C)S(=O)CCOc1ccccc1C#N. The van der Waals surface area contributed by atoms with Gasteiger partial charge in [-0.2, -0.15) is 5.26 Å². The first-order valence-electron chi connectivity index (χ1n) is 6.05. The van der Waals surface area contributed by atoms with Gasteiger partial charge in [0.15, 0.2) is 0 Å². The topological polar surface area (TPSA) is 50.1 Å². The van der Waals surface area contributed by atoms with E-state index in [2.05, 4.69) is 19.9 Å².